The van der Waals surface area contributed by atoms with Crippen molar-refractivity contribution < 1.29 is 22.7 Å². The number of carbonyl (C=O) groups is 1. The van der Waals surface area contributed by atoms with Gasteiger partial charge >= 0.3 is 6.18 Å². The molecule has 170 valence electrons. The smallest absolute Gasteiger partial charge is 0.417 e. The number of hydrogen-bond acceptors (Lipinski definition) is 5. The number of amides is 1. The van der Waals surface area contributed by atoms with E-state index in [2.05, 4.69) is 15.0 Å². The van der Waals surface area contributed by atoms with E-state index in [1.165, 1.54) is 6.07 Å². The highest BCUT2D eigenvalue weighted by atomic mass is 19.4. The van der Waals surface area contributed by atoms with Gasteiger partial charge in [0.25, 0.3) is 5.91 Å². The summed E-state index contributed by atoms with van der Waals surface area (Å²) in [5.74, 6) is 0.249. The lowest BCUT2D eigenvalue weighted by atomic mass is 10.0. The van der Waals surface area contributed by atoms with Gasteiger partial charge in [-0.15, -0.1) is 0 Å². The van der Waals surface area contributed by atoms with Gasteiger partial charge in [-0.05, 0) is 55.5 Å². The molecule has 0 radical (unpaired) electrons. The number of likely N-dealkylation sites (tertiary alicyclic amines) is 1. The van der Waals surface area contributed by atoms with Gasteiger partial charge in [-0.25, -0.2) is 4.98 Å². The number of hydrogen-bond donors (Lipinski definition) is 0. The molecule has 2 bridgehead atoms. The first-order valence-corrected chi connectivity index (χ1v) is 10.7. The summed E-state index contributed by atoms with van der Waals surface area (Å²) in [4.78, 5) is 28.0. The number of aromatic nitrogens is 3. The Morgan fingerprint density at radius 3 is 2.45 bits per heavy atom. The molecule has 3 atom stereocenters. The number of nitrogens with zero attached hydrogens (tertiary/aromatic N) is 4. The normalized spacial score (nSPS) is 21.9. The summed E-state index contributed by atoms with van der Waals surface area (Å²) in [6.07, 6.45) is 0.819. The lowest BCUT2D eigenvalue weighted by molar-refractivity contribution is -0.137. The van der Waals surface area contributed by atoms with Crippen molar-refractivity contribution in [3.8, 4) is 17.3 Å². The van der Waals surface area contributed by atoms with Crippen molar-refractivity contribution in [2.24, 2.45) is 5.92 Å². The SMILES string of the molecule is Cc1cccnc1-c1ncccc1C(=O)N1C[C@H]2C[C@@H](Oc3ccc(C(F)(F)F)cn3)[C@@H]1C2. The molecular weight excluding hydrogens is 433 g/mol. The lowest BCUT2D eigenvalue weighted by Gasteiger charge is -2.33. The largest absolute Gasteiger partial charge is 0.472 e. The van der Waals surface area contributed by atoms with E-state index in [1.54, 1.807) is 29.4 Å². The van der Waals surface area contributed by atoms with Crippen molar-refractivity contribution in [1.29, 1.82) is 0 Å². The van der Waals surface area contributed by atoms with Crippen molar-refractivity contribution in [1.82, 2.24) is 19.9 Å². The minimum atomic E-state index is -4.45. The molecule has 5 rings (SSSR count). The number of alkyl halides is 3. The maximum atomic E-state index is 13.6. The Morgan fingerprint density at radius 2 is 1.79 bits per heavy atom. The molecule has 0 unspecified atom stereocenters. The molecule has 1 aliphatic heterocycles. The van der Waals surface area contributed by atoms with E-state index >= 15 is 0 Å². The van der Waals surface area contributed by atoms with Crippen LogP contribution in [0.4, 0.5) is 13.2 Å². The van der Waals surface area contributed by atoms with E-state index in [1.807, 2.05) is 19.1 Å². The number of halogens is 3. The summed E-state index contributed by atoms with van der Waals surface area (Å²) in [7, 11) is 0. The second kappa shape index (κ2) is 8.13. The third-order valence-electron chi connectivity index (χ3n) is 6.29. The summed E-state index contributed by atoms with van der Waals surface area (Å²) >= 11 is 0. The topological polar surface area (TPSA) is 68.2 Å². The van der Waals surface area contributed by atoms with Crippen molar-refractivity contribution in [3.63, 3.8) is 0 Å². The highest BCUT2D eigenvalue weighted by Gasteiger charge is 2.49. The summed E-state index contributed by atoms with van der Waals surface area (Å²) in [6, 6.07) is 9.23. The van der Waals surface area contributed by atoms with E-state index < -0.39 is 11.7 Å². The average molecular weight is 454 g/mol. The fourth-order valence-corrected chi connectivity index (χ4v) is 4.75. The van der Waals surface area contributed by atoms with Gasteiger partial charge in [0.15, 0.2) is 0 Å². The summed E-state index contributed by atoms with van der Waals surface area (Å²) in [6.45, 7) is 2.53. The van der Waals surface area contributed by atoms with Crippen molar-refractivity contribution in [2.45, 2.75) is 38.1 Å². The van der Waals surface area contributed by atoms with Gasteiger partial charge in [-0.3, -0.25) is 14.8 Å². The highest BCUT2D eigenvalue weighted by Crippen LogP contribution is 2.41. The molecule has 0 spiro atoms. The first-order valence-electron chi connectivity index (χ1n) is 10.7. The van der Waals surface area contributed by atoms with Gasteiger partial charge in [0.1, 0.15) is 11.8 Å². The molecule has 2 aliphatic rings. The second-order valence-electron chi connectivity index (χ2n) is 8.47. The van der Waals surface area contributed by atoms with Crippen LogP contribution in [0.3, 0.4) is 0 Å². The minimum Gasteiger partial charge on any atom is -0.472 e. The molecule has 2 fully saturated rings. The van der Waals surface area contributed by atoms with Gasteiger partial charge in [-0.1, -0.05) is 6.07 Å². The number of carbonyl (C=O) groups excluding carboxylic acids is 1. The van der Waals surface area contributed by atoms with Crippen LogP contribution in [0.15, 0.2) is 55.0 Å². The van der Waals surface area contributed by atoms with Crippen LogP contribution in [0, 0.1) is 12.8 Å². The first kappa shape index (κ1) is 21.4. The van der Waals surface area contributed by atoms with E-state index in [-0.39, 0.29) is 29.9 Å². The van der Waals surface area contributed by atoms with Gasteiger partial charge in [0, 0.05) is 31.2 Å². The Kier molecular flexibility index (Phi) is 5.26. The molecule has 0 N–H and O–H groups in total. The van der Waals surface area contributed by atoms with Crippen molar-refractivity contribution in [2.75, 3.05) is 6.54 Å². The van der Waals surface area contributed by atoms with Crippen molar-refractivity contribution >= 4 is 5.91 Å². The van der Waals surface area contributed by atoms with Crippen LogP contribution < -0.4 is 4.74 Å². The number of aryl methyl sites for hydroxylation is 1. The van der Waals surface area contributed by atoms with E-state index in [0.717, 1.165) is 30.7 Å². The Bertz CT molecular complexity index is 1180. The molecular formula is C24H21F3N4O2. The van der Waals surface area contributed by atoms with Gasteiger partial charge in [-0.2, -0.15) is 13.2 Å². The summed E-state index contributed by atoms with van der Waals surface area (Å²) in [5.41, 5.74) is 1.76. The van der Waals surface area contributed by atoms with Crippen LogP contribution in [0.2, 0.25) is 0 Å². The monoisotopic (exact) mass is 454 g/mol. The fraction of sp³-hybridized carbons (Fsp3) is 0.333. The maximum Gasteiger partial charge on any atom is 0.417 e. The standard InChI is InChI=1S/C24H21F3N4O2/c1-14-4-2-8-28-21(14)22-17(5-3-9-29-22)23(32)31-13-15-10-18(31)19(11-15)33-20-7-6-16(12-30-20)24(25,26)27/h2-9,12,15,18-19H,10-11,13H2,1H3/t15-,18+,19-/m1/s1. The van der Waals surface area contributed by atoms with Crippen LogP contribution in [-0.4, -0.2) is 44.4 Å². The quantitative estimate of drug-likeness (QED) is 0.579. The van der Waals surface area contributed by atoms with Crippen LogP contribution in [0.5, 0.6) is 5.88 Å². The summed E-state index contributed by atoms with van der Waals surface area (Å²) < 4.78 is 44.3. The molecule has 1 aliphatic carbocycles. The van der Waals surface area contributed by atoms with Crippen LogP contribution in [-0.2, 0) is 6.18 Å². The number of ether oxygens (including phenoxy) is 1. The zero-order valence-electron chi connectivity index (χ0n) is 17.8. The molecule has 33 heavy (non-hydrogen) atoms. The van der Waals surface area contributed by atoms with Gasteiger partial charge in [0.2, 0.25) is 5.88 Å². The van der Waals surface area contributed by atoms with Crippen LogP contribution >= 0.6 is 0 Å². The Morgan fingerprint density at radius 1 is 1.03 bits per heavy atom. The average Bonchev–Trinajstić information content (AvgIpc) is 3.39. The molecule has 1 saturated carbocycles. The number of piperidine rings is 1. The fourth-order valence-electron chi connectivity index (χ4n) is 4.75. The molecule has 4 heterocycles. The van der Waals surface area contributed by atoms with E-state index in [4.69, 9.17) is 4.74 Å². The lowest BCUT2D eigenvalue weighted by Crippen LogP contribution is -2.47. The van der Waals surface area contributed by atoms with Crippen LogP contribution in [0.25, 0.3) is 11.4 Å². The first-order chi connectivity index (χ1) is 15.8. The van der Waals surface area contributed by atoms with E-state index in [0.29, 0.717) is 23.5 Å². The second-order valence-corrected chi connectivity index (χ2v) is 8.47. The zero-order valence-corrected chi connectivity index (χ0v) is 17.8. The highest BCUT2D eigenvalue weighted by molar-refractivity contribution is 6.00. The van der Waals surface area contributed by atoms with Gasteiger partial charge < -0.3 is 9.64 Å². The predicted molar refractivity (Wildman–Crippen MR) is 113 cm³/mol. The Labute approximate surface area is 188 Å². The number of rotatable bonds is 4. The molecule has 9 heteroatoms. The summed E-state index contributed by atoms with van der Waals surface area (Å²) in [5, 5.41) is 0. The zero-order chi connectivity index (χ0) is 23.2. The van der Waals surface area contributed by atoms with E-state index in [9.17, 15) is 18.0 Å². The van der Waals surface area contributed by atoms with Crippen LogP contribution in [0.1, 0.15) is 34.3 Å². The molecule has 6 nitrogen and oxygen atoms in total. The van der Waals surface area contributed by atoms with Gasteiger partial charge in [0.05, 0.1) is 22.9 Å². The Balaban J connectivity index is 1.37. The third-order valence-corrected chi connectivity index (χ3v) is 6.29. The number of fused-ring (bicyclic) bond motifs is 2. The maximum absolute atomic E-state index is 13.6. The third kappa shape index (κ3) is 4.03. The predicted octanol–water partition coefficient (Wildman–Crippen LogP) is 4.55. The van der Waals surface area contributed by atoms with Crippen molar-refractivity contribution in [3.05, 3.63) is 71.7 Å². The molecule has 1 saturated heterocycles. The molecule has 3 aromatic heterocycles. The molecule has 0 aromatic carbocycles. The molecule has 3 aromatic rings. The minimum absolute atomic E-state index is 0.124. The Hall–Kier alpha value is -3.49. The number of pyridine rings is 3. The molecule has 1 amide bonds.